The van der Waals surface area contributed by atoms with E-state index in [2.05, 4.69) is 30.6 Å². The molecule has 0 atom stereocenters. The van der Waals surface area contributed by atoms with Gasteiger partial charge in [-0.2, -0.15) is 4.98 Å². The highest BCUT2D eigenvalue weighted by molar-refractivity contribution is 6.16. The van der Waals surface area contributed by atoms with Crippen LogP contribution in [-0.2, 0) is 9.59 Å². The van der Waals surface area contributed by atoms with E-state index in [-0.39, 0.29) is 23.0 Å². The van der Waals surface area contributed by atoms with Gasteiger partial charge in [0.1, 0.15) is 23.1 Å². The summed E-state index contributed by atoms with van der Waals surface area (Å²) in [7, 11) is 2.86. The molecule has 0 unspecified atom stereocenters. The van der Waals surface area contributed by atoms with E-state index < -0.39 is 34.7 Å². The normalized spacial score (nSPS) is 13.5. The summed E-state index contributed by atoms with van der Waals surface area (Å²) in [6, 6.07) is 7.75. The monoisotopic (exact) mass is 522 g/mol. The summed E-state index contributed by atoms with van der Waals surface area (Å²) >= 11 is 0. The zero-order valence-electron chi connectivity index (χ0n) is 20.1. The molecule has 13 heteroatoms. The van der Waals surface area contributed by atoms with Gasteiger partial charge >= 0.3 is 0 Å². The summed E-state index contributed by atoms with van der Waals surface area (Å²) in [6.07, 6.45) is 3.02. The molecule has 1 saturated carbocycles. The predicted molar refractivity (Wildman–Crippen MR) is 130 cm³/mol. The zero-order valence-corrected chi connectivity index (χ0v) is 20.1. The second-order valence-electron chi connectivity index (χ2n) is 8.36. The third-order valence-electron chi connectivity index (χ3n) is 5.90. The molecule has 3 heterocycles. The fraction of sp³-hybridized carbons (Fsp3) is 0.200. The minimum atomic E-state index is -1.31. The molecule has 5 rings (SSSR count). The van der Waals surface area contributed by atoms with Crippen molar-refractivity contribution in [2.24, 2.45) is 5.41 Å². The van der Waals surface area contributed by atoms with Crippen molar-refractivity contribution in [3.63, 3.8) is 0 Å². The minimum Gasteiger partial charge on any atom is -0.491 e. The summed E-state index contributed by atoms with van der Waals surface area (Å²) in [5.74, 6) is -2.49. The van der Waals surface area contributed by atoms with E-state index in [1.54, 1.807) is 6.07 Å². The molecular weight excluding hydrogens is 502 g/mol. The highest BCUT2D eigenvalue weighted by atomic mass is 19.1. The van der Waals surface area contributed by atoms with Crippen LogP contribution >= 0.6 is 0 Å². The van der Waals surface area contributed by atoms with Crippen LogP contribution in [0.1, 0.15) is 12.8 Å². The first-order chi connectivity index (χ1) is 18.3. The van der Waals surface area contributed by atoms with Crippen LogP contribution in [0.25, 0.3) is 11.0 Å². The third-order valence-corrected chi connectivity index (χ3v) is 5.90. The van der Waals surface area contributed by atoms with Crippen LogP contribution in [0, 0.1) is 17.0 Å². The minimum absolute atomic E-state index is 0.0257. The van der Waals surface area contributed by atoms with E-state index in [1.165, 1.54) is 51.0 Å². The Balaban J connectivity index is 1.31. The van der Waals surface area contributed by atoms with Crippen LogP contribution in [0.4, 0.5) is 20.2 Å². The Bertz CT molecular complexity index is 1550. The highest BCUT2D eigenvalue weighted by Gasteiger charge is 2.56. The molecule has 0 aliphatic heterocycles. The Kier molecular flexibility index (Phi) is 6.41. The van der Waals surface area contributed by atoms with E-state index in [0.29, 0.717) is 29.8 Å². The number of carbonyl (C=O) groups excluding carboxylic acids is 2. The summed E-state index contributed by atoms with van der Waals surface area (Å²) in [6.45, 7) is 0. The Hall–Kier alpha value is -4.94. The summed E-state index contributed by atoms with van der Waals surface area (Å²) in [4.78, 5) is 41.9. The van der Waals surface area contributed by atoms with Crippen molar-refractivity contribution >= 4 is 34.2 Å². The number of halogens is 2. The van der Waals surface area contributed by atoms with Gasteiger partial charge in [-0.3, -0.25) is 9.59 Å². The average Bonchev–Trinajstić information content (AvgIpc) is 3.73. The van der Waals surface area contributed by atoms with Crippen LogP contribution < -0.4 is 24.8 Å². The number of fused-ring (bicyclic) bond motifs is 1. The van der Waals surface area contributed by atoms with Crippen molar-refractivity contribution < 1.29 is 32.6 Å². The lowest BCUT2D eigenvalue weighted by Gasteiger charge is -2.16. The topological polar surface area (TPSA) is 137 Å². The number of amides is 2. The van der Waals surface area contributed by atoms with Crippen LogP contribution in [0.5, 0.6) is 23.4 Å². The number of carbonyl (C=O) groups is 2. The summed E-state index contributed by atoms with van der Waals surface area (Å²) < 4.78 is 43.9. The first-order valence-electron chi connectivity index (χ1n) is 11.3. The van der Waals surface area contributed by atoms with Gasteiger partial charge in [-0.05, 0) is 37.1 Å². The second-order valence-corrected chi connectivity index (χ2v) is 8.36. The van der Waals surface area contributed by atoms with E-state index in [1.807, 2.05) is 0 Å². The van der Waals surface area contributed by atoms with Gasteiger partial charge in [-0.25, -0.2) is 23.7 Å². The number of pyridine rings is 2. The van der Waals surface area contributed by atoms with Crippen molar-refractivity contribution in [3.8, 4) is 23.4 Å². The highest BCUT2D eigenvalue weighted by Crippen LogP contribution is 2.47. The fourth-order valence-electron chi connectivity index (χ4n) is 3.67. The first-order valence-corrected chi connectivity index (χ1v) is 11.3. The van der Waals surface area contributed by atoms with Gasteiger partial charge in [0.2, 0.25) is 11.8 Å². The average molecular weight is 522 g/mol. The van der Waals surface area contributed by atoms with Crippen LogP contribution in [0.15, 0.2) is 48.9 Å². The maximum absolute atomic E-state index is 14.9. The number of hydrogen-bond acceptors (Lipinski definition) is 9. The molecule has 11 nitrogen and oxygen atoms in total. The van der Waals surface area contributed by atoms with Crippen molar-refractivity contribution in [2.75, 3.05) is 24.9 Å². The van der Waals surface area contributed by atoms with Crippen molar-refractivity contribution in [1.29, 1.82) is 0 Å². The molecule has 0 radical (unpaired) electrons. The molecule has 4 aromatic rings. The van der Waals surface area contributed by atoms with Crippen LogP contribution in [0.3, 0.4) is 0 Å². The standard InChI is InChI=1S/C25H20F2N6O5/c1-36-18-10-17-19(33-21(18)37-2)22(30-12-29-17)38-20-16(27)9-15(11-28-20)32-24(35)25(7-8-25)23(34)31-14-5-3-13(26)4-6-14/h3-6,9-12H,7-8H2,1-2H3,(H,31,34)(H,32,35). The number of anilines is 2. The van der Waals surface area contributed by atoms with Gasteiger partial charge in [-0.1, -0.05) is 0 Å². The molecule has 1 aromatic carbocycles. The number of hydrogen-bond donors (Lipinski definition) is 2. The van der Waals surface area contributed by atoms with E-state index >= 15 is 0 Å². The molecule has 1 aliphatic carbocycles. The molecule has 3 aromatic heterocycles. The zero-order chi connectivity index (χ0) is 26.9. The van der Waals surface area contributed by atoms with Gasteiger partial charge in [-0.15, -0.1) is 0 Å². The predicted octanol–water partition coefficient (Wildman–Crippen LogP) is 3.86. The molecule has 0 bridgehead atoms. The molecule has 0 spiro atoms. The lowest BCUT2D eigenvalue weighted by molar-refractivity contribution is -0.131. The van der Waals surface area contributed by atoms with Gasteiger partial charge in [0.25, 0.3) is 17.6 Å². The Labute approximate surface area is 214 Å². The molecule has 0 saturated heterocycles. The number of methoxy groups -OCH3 is 2. The number of nitrogens with zero attached hydrogens (tertiary/aromatic N) is 4. The SMILES string of the molecule is COc1cc2ncnc(Oc3ncc(NC(=O)C4(C(=O)Nc5ccc(F)cc5)CC4)cc3F)c2nc1OC. The van der Waals surface area contributed by atoms with E-state index in [9.17, 15) is 18.4 Å². The number of benzene rings is 1. The van der Waals surface area contributed by atoms with Gasteiger partial charge in [0, 0.05) is 17.8 Å². The number of rotatable bonds is 8. The molecular formula is C25H20F2N6O5. The third kappa shape index (κ3) is 4.73. The van der Waals surface area contributed by atoms with Crippen molar-refractivity contribution in [3.05, 3.63) is 60.6 Å². The second kappa shape index (κ2) is 9.84. The summed E-state index contributed by atoms with van der Waals surface area (Å²) in [5, 5.41) is 5.13. The molecule has 1 aliphatic rings. The first kappa shape index (κ1) is 24.7. The molecule has 2 amide bonds. The van der Waals surface area contributed by atoms with Gasteiger partial charge in [0.15, 0.2) is 17.1 Å². The smallest absolute Gasteiger partial charge is 0.257 e. The van der Waals surface area contributed by atoms with E-state index in [4.69, 9.17) is 14.2 Å². The fourth-order valence-corrected chi connectivity index (χ4v) is 3.67. The maximum Gasteiger partial charge on any atom is 0.257 e. The van der Waals surface area contributed by atoms with Crippen LogP contribution in [0.2, 0.25) is 0 Å². The Morgan fingerprint density at radius 3 is 2.21 bits per heavy atom. The molecule has 194 valence electrons. The Morgan fingerprint density at radius 1 is 0.868 bits per heavy atom. The number of nitrogens with one attached hydrogen (secondary N) is 2. The molecule has 38 heavy (non-hydrogen) atoms. The van der Waals surface area contributed by atoms with E-state index in [0.717, 1.165) is 6.07 Å². The van der Waals surface area contributed by atoms with Crippen molar-refractivity contribution in [1.82, 2.24) is 19.9 Å². The number of aromatic nitrogens is 4. The lowest BCUT2D eigenvalue weighted by Crippen LogP contribution is -2.35. The van der Waals surface area contributed by atoms with Crippen LogP contribution in [-0.4, -0.2) is 46.0 Å². The number of ether oxygens (including phenoxy) is 3. The molecule has 1 fully saturated rings. The van der Waals surface area contributed by atoms with Crippen molar-refractivity contribution in [2.45, 2.75) is 12.8 Å². The quantitative estimate of drug-likeness (QED) is 0.330. The van der Waals surface area contributed by atoms with Gasteiger partial charge in [0.05, 0.1) is 26.1 Å². The summed E-state index contributed by atoms with van der Waals surface area (Å²) in [5.41, 5.74) is -0.381. The maximum atomic E-state index is 14.9. The largest absolute Gasteiger partial charge is 0.491 e. The van der Waals surface area contributed by atoms with Gasteiger partial charge < -0.3 is 24.8 Å². The molecule has 2 N–H and O–H groups in total. The lowest BCUT2D eigenvalue weighted by atomic mass is 10.0. The Morgan fingerprint density at radius 2 is 1.58 bits per heavy atom.